The molecule has 2 fully saturated rings. The molecule has 1 aliphatic carbocycles. The van der Waals surface area contributed by atoms with E-state index in [9.17, 15) is 24.3 Å². The van der Waals surface area contributed by atoms with Gasteiger partial charge in [0.25, 0.3) is 5.91 Å². The molecule has 4 N–H and O–H groups in total. The fourth-order valence-corrected chi connectivity index (χ4v) is 6.19. The SMILES string of the molecule is C=CCNC(=O)C(=O)C(CCC)NC(=O)[C@@H]1C(C(C)(C)C)CCN1[C@@H](O)[C@@H](NC(=O)OC(C)C(C)C)C1CCCCC1. The van der Waals surface area contributed by atoms with E-state index in [4.69, 9.17) is 4.74 Å². The molecule has 0 radical (unpaired) electrons. The third-order valence-corrected chi connectivity index (χ3v) is 8.99. The molecule has 10 heteroatoms. The third kappa shape index (κ3) is 9.79. The second-order valence-corrected chi connectivity index (χ2v) is 13.5. The molecule has 1 saturated carbocycles. The lowest BCUT2D eigenvalue weighted by molar-refractivity contribution is -0.142. The highest BCUT2D eigenvalue weighted by molar-refractivity contribution is 6.38. The Morgan fingerprint density at radius 3 is 2.24 bits per heavy atom. The number of nitrogens with zero attached hydrogens (tertiary/aromatic N) is 1. The first-order valence-corrected chi connectivity index (χ1v) is 15.9. The number of ketones is 1. The van der Waals surface area contributed by atoms with Crippen molar-refractivity contribution in [1.29, 1.82) is 0 Å². The molecule has 0 bridgehead atoms. The Hall–Kier alpha value is -2.46. The Morgan fingerprint density at radius 2 is 1.69 bits per heavy atom. The summed E-state index contributed by atoms with van der Waals surface area (Å²) in [6.45, 7) is 18.0. The number of rotatable bonds is 14. The predicted molar refractivity (Wildman–Crippen MR) is 163 cm³/mol. The quantitative estimate of drug-likeness (QED) is 0.177. The van der Waals surface area contributed by atoms with Gasteiger partial charge in [0.15, 0.2) is 0 Å². The fraction of sp³-hybridized carbons (Fsp3) is 0.812. The molecule has 10 nitrogen and oxygen atoms in total. The van der Waals surface area contributed by atoms with Crippen molar-refractivity contribution < 1.29 is 29.0 Å². The average Bonchev–Trinajstić information content (AvgIpc) is 3.40. The zero-order chi connectivity index (χ0) is 31.6. The van der Waals surface area contributed by atoms with Crippen molar-refractivity contribution in [2.75, 3.05) is 13.1 Å². The minimum atomic E-state index is -1.13. The van der Waals surface area contributed by atoms with Crippen LogP contribution in [0.15, 0.2) is 12.7 Å². The maximum absolute atomic E-state index is 14.0. The highest BCUT2D eigenvalue weighted by atomic mass is 16.6. The monoisotopic (exact) mass is 592 g/mol. The topological polar surface area (TPSA) is 137 Å². The molecule has 0 spiro atoms. The summed E-state index contributed by atoms with van der Waals surface area (Å²) >= 11 is 0. The lowest BCUT2D eigenvalue weighted by atomic mass is 9.75. The number of aliphatic hydroxyl groups excluding tert-OH is 1. The molecule has 42 heavy (non-hydrogen) atoms. The van der Waals surface area contributed by atoms with Gasteiger partial charge in [-0.1, -0.05) is 73.3 Å². The van der Waals surface area contributed by atoms with Crippen LogP contribution < -0.4 is 16.0 Å². The highest BCUT2D eigenvalue weighted by Gasteiger charge is 2.50. The van der Waals surface area contributed by atoms with Crippen LogP contribution in [0.25, 0.3) is 0 Å². The van der Waals surface area contributed by atoms with Gasteiger partial charge in [0.1, 0.15) is 12.3 Å². The van der Waals surface area contributed by atoms with E-state index in [0.29, 0.717) is 25.8 Å². The average molecular weight is 593 g/mol. The van der Waals surface area contributed by atoms with E-state index >= 15 is 0 Å². The molecule has 1 saturated heterocycles. The Bertz CT molecular complexity index is 926. The van der Waals surface area contributed by atoms with Gasteiger partial charge >= 0.3 is 6.09 Å². The largest absolute Gasteiger partial charge is 0.446 e. The molecule has 240 valence electrons. The Labute approximate surface area is 252 Å². The first-order valence-electron chi connectivity index (χ1n) is 15.9. The number of hydrogen-bond donors (Lipinski definition) is 4. The summed E-state index contributed by atoms with van der Waals surface area (Å²) in [5.74, 6) is -1.80. The van der Waals surface area contributed by atoms with Gasteiger partial charge < -0.3 is 25.8 Å². The van der Waals surface area contributed by atoms with Gasteiger partial charge in [0.05, 0.1) is 18.1 Å². The molecule has 1 heterocycles. The molecule has 0 aromatic heterocycles. The standard InChI is InChI=1S/C32H56N4O6/c1-9-14-24(27(37)29(39)33-18-10-2)34-28(38)26-23(32(6,7)8)17-19-36(26)30(40)25(22-15-12-11-13-16-22)35-31(41)42-21(5)20(3)4/h10,20-26,30,40H,2,9,11-19H2,1,3-8H3,(H,33,39)(H,34,38)(H,35,41)/t21?,23?,24?,25-,26-,30-/m0/s1. The van der Waals surface area contributed by atoms with Crippen molar-refractivity contribution in [3.05, 3.63) is 12.7 Å². The lowest BCUT2D eigenvalue weighted by Gasteiger charge is -2.41. The first kappa shape index (κ1) is 35.7. The normalized spacial score (nSPS) is 23.0. The highest BCUT2D eigenvalue weighted by Crippen LogP contribution is 2.41. The zero-order valence-corrected chi connectivity index (χ0v) is 26.9. The minimum Gasteiger partial charge on any atom is -0.446 e. The summed E-state index contributed by atoms with van der Waals surface area (Å²) in [5, 5.41) is 20.3. The van der Waals surface area contributed by atoms with Crippen LogP contribution in [0.1, 0.15) is 99.8 Å². The number of ether oxygens (including phenoxy) is 1. The zero-order valence-electron chi connectivity index (χ0n) is 26.9. The molecule has 3 unspecified atom stereocenters. The minimum absolute atomic E-state index is 0.0380. The van der Waals surface area contributed by atoms with Crippen LogP contribution in [-0.2, 0) is 19.1 Å². The van der Waals surface area contributed by atoms with Crippen molar-refractivity contribution >= 4 is 23.7 Å². The molecular weight excluding hydrogens is 536 g/mol. The summed E-state index contributed by atoms with van der Waals surface area (Å²) in [5.41, 5.74) is -0.276. The van der Waals surface area contributed by atoms with E-state index in [1.807, 2.05) is 27.7 Å². The lowest BCUT2D eigenvalue weighted by Crippen LogP contribution is -2.61. The van der Waals surface area contributed by atoms with Crippen molar-refractivity contribution in [3.63, 3.8) is 0 Å². The Balaban J connectivity index is 2.36. The molecule has 2 aliphatic rings. The van der Waals surface area contributed by atoms with Crippen molar-refractivity contribution in [1.82, 2.24) is 20.9 Å². The second kappa shape index (κ2) is 16.4. The molecule has 3 amide bonds. The number of nitrogens with one attached hydrogen (secondary N) is 3. The van der Waals surface area contributed by atoms with Crippen molar-refractivity contribution in [2.45, 2.75) is 130 Å². The van der Waals surface area contributed by atoms with Crippen LogP contribution >= 0.6 is 0 Å². The van der Waals surface area contributed by atoms with Crippen molar-refractivity contribution in [3.8, 4) is 0 Å². The van der Waals surface area contributed by atoms with Crippen LogP contribution in [-0.4, -0.2) is 77.2 Å². The summed E-state index contributed by atoms with van der Waals surface area (Å²) in [6.07, 6.45) is 5.92. The van der Waals surface area contributed by atoms with Crippen LogP contribution in [0.4, 0.5) is 4.79 Å². The van der Waals surface area contributed by atoms with E-state index in [1.165, 1.54) is 6.08 Å². The summed E-state index contributed by atoms with van der Waals surface area (Å²) in [4.78, 5) is 54.2. The first-order chi connectivity index (χ1) is 19.7. The summed E-state index contributed by atoms with van der Waals surface area (Å²) in [7, 11) is 0. The van der Waals surface area contributed by atoms with E-state index in [1.54, 1.807) is 4.90 Å². The molecule has 2 rings (SSSR count). The number of aliphatic hydroxyl groups is 1. The summed E-state index contributed by atoms with van der Waals surface area (Å²) < 4.78 is 5.61. The summed E-state index contributed by atoms with van der Waals surface area (Å²) in [6, 6.07) is -2.35. The van der Waals surface area contributed by atoms with E-state index in [2.05, 4.69) is 43.3 Å². The van der Waals surface area contributed by atoms with Gasteiger partial charge in [0.2, 0.25) is 11.7 Å². The van der Waals surface area contributed by atoms with Gasteiger partial charge in [-0.3, -0.25) is 19.3 Å². The van der Waals surface area contributed by atoms with Crippen molar-refractivity contribution in [2.24, 2.45) is 23.2 Å². The van der Waals surface area contributed by atoms with Gasteiger partial charge in [0, 0.05) is 13.1 Å². The van der Waals surface area contributed by atoms with Crippen LogP contribution in [0.3, 0.4) is 0 Å². The smallest absolute Gasteiger partial charge is 0.407 e. The molecule has 0 aromatic carbocycles. The maximum Gasteiger partial charge on any atom is 0.407 e. The van der Waals surface area contributed by atoms with Crippen LogP contribution in [0, 0.1) is 23.2 Å². The van der Waals surface area contributed by atoms with E-state index < -0.39 is 48.0 Å². The van der Waals surface area contributed by atoms with Gasteiger partial charge in [-0.2, -0.15) is 0 Å². The molecule has 1 aliphatic heterocycles. The number of Topliss-reactive ketones (excluding diaryl/α,β-unsaturated/α-hetero) is 1. The molecule has 6 atom stereocenters. The number of carbonyl (C=O) groups excluding carboxylic acids is 4. The van der Waals surface area contributed by atoms with E-state index in [-0.39, 0.29) is 35.8 Å². The Morgan fingerprint density at radius 1 is 1.05 bits per heavy atom. The van der Waals surface area contributed by atoms with Gasteiger partial charge in [-0.15, -0.1) is 6.58 Å². The van der Waals surface area contributed by atoms with Crippen LogP contribution in [0.5, 0.6) is 0 Å². The molecular formula is C32H56N4O6. The third-order valence-electron chi connectivity index (χ3n) is 8.99. The van der Waals surface area contributed by atoms with E-state index in [0.717, 1.165) is 32.1 Å². The predicted octanol–water partition coefficient (Wildman–Crippen LogP) is 3.92. The number of alkyl carbamates (subject to hydrolysis) is 1. The Kier molecular flexibility index (Phi) is 14.0. The number of amides is 3. The number of carbonyl (C=O) groups is 4. The van der Waals surface area contributed by atoms with Gasteiger partial charge in [-0.25, -0.2) is 4.79 Å². The second-order valence-electron chi connectivity index (χ2n) is 13.5. The number of likely N-dealkylation sites (tertiary alicyclic amines) is 1. The van der Waals surface area contributed by atoms with Gasteiger partial charge in [-0.05, 0) is 55.8 Å². The maximum atomic E-state index is 14.0. The fourth-order valence-electron chi connectivity index (χ4n) is 6.19. The molecule has 0 aromatic rings. The number of hydrogen-bond acceptors (Lipinski definition) is 7. The van der Waals surface area contributed by atoms with Crippen LogP contribution in [0.2, 0.25) is 0 Å².